The zero-order valence-electron chi connectivity index (χ0n) is 12.4. The number of hydrogen-bond acceptors (Lipinski definition) is 6. The van der Waals surface area contributed by atoms with E-state index in [2.05, 4.69) is 10.3 Å². The molecule has 1 aliphatic heterocycles. The van der Waals surface area contributed by atoms with E-state index in [-0.39, 0.29) is 5.97 Å². The van der Waals surface area contributed by atoms with E-state index in [0.717, 1.165) is 21.5 Å². The first-order chi connectivity index (χ1) is 11.2. The predicted molar refractivity (Wildman–Crippen MR) is 89.0 cm³/mol. The second-order valence-corrected chi connectivity index (χ2v) is 6.13. The number of rotatable bonds is 4. The number of hydrogen-bond donors (Lipinski definition) is 1. The van der Waals surface area contributed by atoms with Gasteiger partial charge in [0, 0.05) is 5.56 Å². The average Bonchev–Trinajstić information content (AvgIpc) is 3.09. The molecule has 1 aromatic heterocycles. The Kier molecular flexibility index (Phi) is 3.38. The average molecular weight is 326 g/mol. The number of ether oxygens (including phenoxy) is 2. The predicted octanol–water partition coefficient (Wildman–Crippen LogP) is 3.98. The largest absolute Gasteiger partial charge is 0.494 e. The van der Waals surface area contributed by atoms with Gasteiger partial charge in [-0.15, -0.1) is 0 Å². The Labute approximate surface area is 136 Å². The van der Waals surface area contributed by atoms with E-state index in [1.165, 1.54) is 11.3 Å². The molecule has 4 rings (SSSR count). The topological polar surface area (TPSA) is 60.4 Å². The number of carbonyl (C=O) groups is 1. The summed E-state index contributed by atoms with van der Waals surface area (Å²) in [5.74, 6) is 0.519. The summed E-state index contributed by atoms with van der Waals surface area (Å²) in [5.41, 5.74) is 2.33. The first kappa shape index (κ1) is 14.0. The van der Waals surface area contributed by atoms with E-state index in [9.17, 15) is 4.79 Å². The van der Waals surface area contributed by atoms with Gasteiger partial charge in [-0.1, -0.05) is 29.5 Å². The third kappa shape index (κ3) is 2.51. The van der Waals surface area contributed by atoms with Gasteiger partial charge in [0.1, 0.15) is 5.75 Å². The lowest BCUT2D eigenvalue weighted by Gasteiger charge is -2.11. The molecule has 0 spiro atoms. The van der Waals surface area contributed by atoms with Crippen LogP contribution < -0.4 is 10.1 Å². The Morgan fingerprint density at radius 3 is 3.04 bits per heavy atom. The Morgan fingerprint density at radius 1 is 1.30 bits per heavy atom. The van der Waals surface area contributed by atoms with Gasteiger partial charge in [-0.25, -0.2) is 9.78 Å². The maximum Gasteiger partial charge on any atom is 0.340 e. The van der Waals surface area contributed by atoms with Crippen molar-refractivity contribution in [3.8, 4) is 5.75 Å². The third-order valence-corrected chi connectivity index (χ3v) is 4.56. The fourth-order valence-corrected chi connectivity index (χ4v) is 3.50. The third-order valence-electron chi connectivity index (χ3n) is 3.61. The van der Waals surface area contributed by atoms with Crippen LogP contribution in [0.1, 0.15) is 29.1 Å². The van der Waals surface area contributed by atoms with Crippen LogP contribution >= 0.6 is 11.3 Å². The van der Waals surface area contributed by atoms with Gasteiger partial charge in [0.05, 0.1) is 22.4 Å². The van der Waals surface area contributed by atoms with E-state index >= 15 is 0 Å². The van der Waals surface area contributed by atoms with Crippen molar-refractivity contribution in [1.82, 2.24) is 4.98 Å². The fraction of sp³-hybridized carbons (Fsp3) is 0.176. The maximum absolute atomic E-state index is 11.9. The molecular formula is C17H14N2O3S. The molecule has 0 bridgehead atoms. The minimum atomic E-state index is -0.495. The van der Waals surface area contributed by atoms with Gasteiger partial charge in [-0.05, 0) is 31.2 Å². The molecule has 23 heavy (non-hydrogen) atoms. The standard InChI is InChI=1S/C17H14N2O3S/c1-2-21-10-7-8-13-14(9-10)23-17(18-13)19-15-11-5-3-4-6-12(11)16(20)22-15/h3-9,15H,2H2,1H3,(H,18,19). The number of aromatic nitrogens is 1. The Bertz CT molecular complexity index is 890. The smallest absolute Gasteiger partial charge is 0.340 e. The van der Waals surface area contributed by atoms with Gasteiger partial charge in [-0.3, -0.25) is 0 Å². The molecule has 1 N–H and O–H groups in total. The van der Waals surface area contributed by atoms with Crippen LogP contribution in [-0.4, -0.2) is 17.6 Å². The minimum Gasteiger partial charge on any atom is -0.494 e. The summed E-state index contributed by atoms with van der Waals surface area (Å²) in [6.45, 7) is 2.58. The lowest BCUT2D eigenvalue weighted by atomic mass is 10.1. The highest BCUT2D eigenvalue weighted by atomic mass is 32.1. The lowest BCUT2D eigenvalue weighted by molar-refractivity contribution is 0.0437. The molecule has 0 saturated carbocycles. The van der Waals surface area contributed by atoms with Gasteiger partial charge < -0.3 is 14.8 Å². The first-order valence-corrected chi connectivity index (χ1v) is 8.16. The van der Waals surface area contributed by atoms with Crippen LogP contribution in [-0.2, 0) is 4.74 Å². The molecule has 0 aliphatic carbocycles. The highest BCUT2D eigenvalue weighted by Crippen LogP contribution is 2.35. The molecule has 0 saturated heterocycles. The number of carbonyl (C=O) groups excluding carboxylic acids is 1. The van der Waals surface area contributed by atoms with Crippen LogP contribution in [0.3, 0.4) is 0 Å². The Balaban J connectivity index is 1.62. The van der Waals surface area contributed by atoms with Gasteiger partial charge in [0.2, 0.25) is 6.23 Å². The van der Waals surface area contributed by atoms with Crippen LogP contribution in [0.2, 0.25) is 0 Å². The molecule has 2 heterocycles. The summed E-state index contributed by atoms with van der Waals surface area (Å²) in [6.07, 6.45) is -0.495. The summed E-state index contributed by atoms with van der Waals surface area (Å²) in [5, 5.41) is 3.90. The van der Waals surface area contributed by atoms with Gasteiger partial charge in [-0.2, -0.15) is 0 Å². The summed E-state index contributed by atoms with van der Waals surface area (Å²) in [7, 11) is 0. The highest BCUT2D eigenvalue weighted by Gasteiger charge is 2.31. The summed E-state index contributed by atoms with van der Waals surface area (Å²) in [4.78, 5) is 16.4. The van der Waals surface area contributed by atoms with Gasteiger partial charge in [0.15, 0.2) is 5.13 Å². The van der Waals surface area contributed by atoms with Crippen LogP contribution in [0.5, 0.6) is 5.75 Å². The molecule has 0 amide bonds. The van der Waals surface area contributed by atoms with Crippen molar-refractivity contribution in [2.24, 2.45) is 0 Å². The molecule has 0 fully saturated rings. The van der Waals surface area contributed by atoms with E-state index in [0.29, 0.717) is 17.3 Å². The first-order valence-electron chi connectivity index (χ1n) is 7.34. The fourth-order valence-electron chi connectivity index (χ4n) is 2.59. The summed E-state index contributed by atoms with van der Waals surface area (Å²) >= 11 is 1.51. The number of nitrogens with one attached hydrogen (secondary N) is 1. The molecule has 1 unspecified atom stereocenters. The number of thiazole rings is 1. The second kappa shape index (κ2) is 5.55. The quantitative estimate of drug-likeness (QED) is 0.735. The van der Waals surface area contributed by atoms with E-state index in [1.807, 2.05) is 43.3 Å². The van der Waals surface area contributed by atoms with Crippen molar-refractivity contribution >= 4 is 32.7 Å². The van der Waals surface area contributed by atoms with Gasteiger partial charge >= 0.3 is 5.97 Å². The van der Waals surface area contributed by atoms with Crippen molar-refractivity contribution in [2.45, 2.75) is 13.2 Å². The summed E-state index contributed by atoms with van der Waals surface area (Å²) < 4.78 is 11.9. The second-order valence-electron chi connectivity index (χ2n) is 5.10. The van der Waals surface area contributed by atoms with Crippen LogP contribution in [0, 0.1) is 0 Å². The molecule has 1 aliphatic rings. The number of anilines is 1. The van der Waals surface area contributed by atoms with Crippen LogP contribution in [0.4, 0.5) is 5.13 Å². The molecule has 1 atom stereocenters. The number of cyclic esters (lactones) is 1. The van der Waals surface area contributed by atoms with Crippen molar-refractivity contribution in [1.29, 1.82) is 0 Å². The van der Waals surface area contributed by atoms with Crippen molar-refractivity contribution in [2.75, 3.05) is 11.9 Å². The van der Waals surface area contributed by atoms with E-state index in [1.54, 1.807) is 6.07 Å². The zero-order valence-corrected chi connectivity index (χ0v) is 13.2. The molecule has 3 aromatic rings. The number of fused-ring (bicyclic) bond motifs is 2. The maximum atomic E-state index is 11.9. The molecule has 6 heteroatoms. The molecular weight excluding hydrogens is 312 g/mol. The van der Waals surface area contributed by atoms with Crippen LogP contribution in [0.15, 0.2) is 42.5 Å². The molecule has 2 aromatic carbocycles. The van der Waals surface area contributed by atoms with Gasteiger partial charge in [0.25, 0.3) is 0 Å². The summed E-state index contributed by atoms with van der Waals surface area (Å²) in [6, 6.07) is 13.2. The van der Waals surface area contributed by atoms with Crippen molar-refractivity contribution in [3.63, 3.8) is 0 Å². The zero-order chi connectivity index (χ0) is 15.8. The molecule has 116 valence electrons. The Hall–Kier alpha value is -2.60. The van der Waals surface area contributed by atoms with E-state index < -0.39 is 6.23 Å². The van der Waals surface area contributed by atoms with Crippen molar-refractivity contribution in [3.05, 3.63) is 53.6 Å². The van der Waals surface area contributed by atoms with Crippen LogP contribution in [0.25, 0.3) is 10.2 Å². The van der Waals surface area contributed by atoms with E-state index in [4.69, 9.17) is 9.47 Å². The monoisotopic (exact) mass is 326 g/mol. The molecule has 0 radical (unpaired) electrons. The number of benzene rings is 2. The normalized spacial score (nSPS) is 16.2. The number of esters is 1. The molecule has 5 nitrogen and oxygen atoms in total. The lowest BCUT2D eigenvalue weighted by Crippen LogP contribution is -2.09. The van der Waals surface area contributed by atoms with Crippen molar-refractivity contribution < 1.29 is 14.3 Å². The SMILES string of the molecule is CCOc1ccc2nc(NC3OC(=O)c4ccccc43)sc2c1. The Morgan fingerprint density at radius 2 is 2.17 bits per heavy atom. The number of nitrogens with zero attached hydrogens (tertiary/aromatic N) is 1. The minimum absolute atomic E-state index is 0.308. The highest BCUT2D eigenvalue weighted by molar-refractivity contribution is 7.22.